The molecule has 29 heavy (non-hydrogen) atoms. The molecule has 0 saturated carbocycles. The van der Waals surface area contributed by atoms with Crippen LogP contribution in [0.4, 0.5) is 5.69 Å². The van der Waals surface area contributed by atoms with E-state index in [0.717, 1.165) is 49.4 Å². The van der Waals surface area contributed by atoms with Gasteiger partial charge in [0.25, 0.3) is 5.91 Å². The number of para-hydroxylation sites is 1. The second-order valence-corrected chi connectivity index (χ2v) is 7.22. The number of benzene rings is 2. The van der Waals surface area contributed by atoms with Gasteiger partial charge in [0.2, 0.25) is 0 Å². The summed E-state index contributed by atoms with van der Waals surface area (Å²) in [6.45, 7) is 4.04. The van der Waals surface area contributed by atoms with Gasteiger partial charge in [0, 0.05) is 11.6 Å². The molecule has 2 heterocycles. The predicted molar refractivity (Wildman–Crippen MR) is 119 cm³/mol. The van der Waals surface area contributed by atoms with E-state index in [-0.39, 0.29) is 18.3 Å². The average Bonchev–Trinajstić information content (AvgIpc) is 3.20. The summed E-state index contributed by atoms with van der Waals surface area (Å²) >= 11 is 0. The molecule has 0 unspecified atom stereocenters. The summed E-state index contributed by atoms with van der Waals surface area (Å²) in [6, 6.07) is 18.1. The molecule has 1 amide bonds. The molecule has 0 spiro atoms. The van der Waals surface area contributed by atoms with Gasteiger partial charge in [-0.1, -0.05) is 37.3 Å². The molecule has 4 rings (SSSR count). The fraction of sp³-hybridized carbons (Fsp3) is 0.304. The van der Waals surface area contributed by atoms with Crippen molar-refractivity contribution in [3.63, 3.8) is 0 Å². The number of aryl methyl sites for hydroxylation is 1. The number of nitrogens with zero attached hydrogens (tertiary/aromatic N) is 2. The molecule has 1 fully saturated rings. The number of nitrogens with one attached hydrogen (secondary N) is 2. The number of carbonyl (C=O) groups is 1. The standard InChI is InChI=1S/C23H26N4O.ClH/c1-2-17-7-6-8-19(15-17)26-23(28)21-16-25-27(20-9-4-3-5-10-20)22(21)18-11-13-24-14-12-18;/h3-10,15-16,18,24H,2,11-14H2,1H3,(H,26,28);1H. The summed E-state index contributed by atoms with van der Waals surface area (Å²) in [5.74, 6) is 0.218. The van der Waals surface area contributed by atoms with Crippen molar-refractivity contribution in [1.82, 2.24) is 15.1 Å². The number of halogens is 1. The Morgan fingerprint density at radius 3 is 2.62 bits per heavy atom. The summed E-state index contributed by atoms with van der Waals surface area (Å²) in [7, 11) is 0. The number of hydrogen-bond acceptors (Lipinski definition) is 3. The molecule has 2 aromatic carbocycles. The molecule has 0 atom stereocenters. The number of piperidine rings is 1. The Hall–Kier alpha value is -2.63. The number of aromatic nitrogens is 2. The lowest BCUT2D eigenvalue weighted by Gasteiger charge is -2.24. The first-order valence-corrected chi connectivity index (χ1v) is 10.0. The van der Waals surface area contributed by atoms with Gasteiger partial charge in [-0.25, -0.2) is 4.68 Å². The molecule has 1 aliphatic heterocycles. The Morgan fingerprint density at radius 1 is 1.14 bits per heavy atom. The second kappa shape index (κ2) is 9.72. The third kappa shape index (κ3) is 4.69. The van der Waals surface area contributed by atoms with Gasteiger partial charge in [-0.2, -0.15) is 5.10 Å². The maximum Gasteiger partial charge on any atom is 0.259 e. The van der Waals surface area contributed by atoms with Crippen molar-refractivity contribution >= 4 is 24.0 Å². The minimum Gasteiger partial charge on any atom is -0.322 e. The van der Waals surface area contributed by atoms with Crippen molar-refractivity contribution in [3.8, 4) is 5.69 Å². The van der Waals surface area contributed by atoms with Crippen LogP contribution in [0.2, 0.25) is 0 Å². The summed E-state index contributed by atoms with van der Waals surface area (Å²) in [5, 5.41) is 11.1. The molecule has 152 valence electrons. The van der Waals surface area contributed by atoms with Gasteiger partial charge in [0.05, 0.1) is 23.1 Å². The number of amides is 1. The molecule has 0 aliphatic carbocycles. The molecule has 0 bridgehead atoms. The first-order chi connectivity index (χ1) is 13.8. The molecular weight excluding hydrogens is 384 g/mol. The zero-order chi connectivity index (χ0) is 19.3. The topological polar surface area (TPSA) is 59.0 Å². The quantitative estimate of drug-likeness (QED) is 0.647. The highest BCUT2D eigenvalue weighted by Gasteiger charge is 2.27. The van der Waals surface area contributed by atoms with Crippen LogP contribution in [-0.2, 0) is 6.42 Å². The Morgan fingerprint density at radius 2 is 1.90 bits per heavy atom. The van der Waals surface area contributed by atoms with Gasteiger partial charge in [-0.05, 0) is 62.2 Å². The first-order valence-electron chi connectivity index (χ1n) is 10.0. The largest absolute Gasteiger partial charge is 0.322 e. The number of anilines is 1. The predicted octanol–water partition coefficient (Wildman–Crippen LogP) is 4.58. The van der Waals surface area contributed by atoms with Gasteiger partial charge < -0.3 is 10.6 Å². The zero-order valence-corrected chi connectivity index (χ0v) is 17.4. The average molecular weight is 411 g/mol. The molecule has 1 aliphatic rings. The Balaban J connectivity index is 0.00000240. The van der Waals surface area contributed by atoms with E-state index in [2.05, 4.69) is 28.7 Å². The lowest BCUT2D eigenvalue weighted by molar-refractivity contribution is 0.102. The van der Waals surface area contributed by atoms with Gasteiger partial charge in [0.15, 0.2) is 0 Å². The van der Waals surface area contributed by atoms with E-state index in [4.69, 9.17) is 0 Å². The number of carbonyl (C=O) groups excluding carboxylic acids is 1. The maximum absolute atomic E-state index is 13.1. The monoisotopic (exact) mass is 410 g/mol. The van der Waals surface area contributed by atoms with Crippen LogP contribution in [-0.4, -0.2) is 28.8 Å². The minimum atomic E-state index is -0.0935. The normalized spacial score (nSPS) is 14.2. The van der Waals surface area contributed by atoms with Gasteiger partial charge >= 0.3 is 0 Å². The number of hydrogen-bond donors (Lipinski definition) is 2. The molecule has 3 aromatic rings. The fourth-order valence-electron chi connectivity index (χ4n) is 3.86. The van der Waals surface area contributed by atoms with Crippen molar-refractivity contribution in [2.45, 2.75) is 32.1 Å². The Kier molecular flexibility index (Phi) is 7.07. The minimum absolute atomic E-state index is 0. The van der Waals surface area contributed by atoms with Crippen molar-refractivity contribution in [1.29, 1.82) is 0 Å². The van der Waals surface area contributed by atoms with Gasteiger partial charge in [-0.15, -0.1) is 12.4 Å². The van der Waals surface area contributed by atoms with E-state index >= 15 is 0 Å². The van der Waals surface area contributed by atoms with Gasteiger partial charge in [-0.3, -0.25) is 4.79 Å². The van der Waals surface area contributed by atoms with Crippen molar-refractivity contribution < 1.29 is 4.79 Å². The summed E-state index contributed by atoms with van der Waals surface area (Å²) in [6.07, 6.45) is 4.66. The highest BCUT2D eigenvalue weighted by atomic mass is 35.5. The molecule has 2 N–H and O–H groups in total. The second-order valence-electron chi connectivity index (χ2n) is 7.22. The third-order valence-electron chi connectivity index (χ3n) is 5.37. The maximum atomic E-state index is 13.1. The van der Waals surface area contributed by atoms with E-state index in [1.165, 1.54) is 5.56 Å². The van der Waals surface area contributed by atoms with Crippen molar-refractivity contribution in [3.05, 3.63) is 77.6 Å². The molecule has 0 radical (unpaired) electrons. The SMILES string of the molecule is CCc1cccc(NC(=O)c2cnn(-c3ccccc3)c2C2CCNCC2)c1.Cl. The zero-order valence-electron chi connectivity index (χ0n) is 16.6. The van der Waals surface area contributed by atoms with E-state index in [0.29, 0.717) is 11.5 Å². The van der Waals surface area contributed by atoms with Crippen LogP contribution in [0.15, 0.2) is 60.8 Å². The highest BCUT2D eigenvalue weighted by molar-refractivity contribution is 6.05. The van der Waals surface area contributed by atoms with E-state index < -0.39 is 0 Å². The van der Waals surface area contributed by atoms with Crippen molar-refractivity contribution in [2.75, 3.05) is 18.4 Å². The number of rotatable bonds is 5. The van der Waals surface area contributed by atoms with E-state index in [1.807, 2.05) is 53.2 Å². The van der Waals surface area contributed by atoms with E-state index in [9.17, 15) is 4.79 Å². The van der Waals surface area contributed by atoms with Crippen LogP contribution in [0, 0.1) is 0 Å². The summed E-state index contributed by atoms with van der Waals surface area (Å²) < 4.78 is 1.94. The highest BCUT2D eigenvalue weighted by Crippen LogP contribution is 2.30. The van der Waals surface area contributed by atoms with Crippen molar-refractivity contribution in [2.24, 2.45) is 0 Å². The smallest absolute Gasteiger partial charge is 0.259 e. The van der Waals surface area contributed by atoms with Crippen LogP contribution >= 0.6 is 12.4 Å². The van der Waals surface area contributed by atoms with Crippen LogP contribution in [0.25, 0.3) is 5.69 Å². The molecule has 1 saturated heterocycles. The van der Waals surface area contributed by atoms with E-state index in [1.54, 1.807) is 6.20 Å². The molecular formula is C23H27ClN4O. The van der Waals surface area contributed by atoms with Crippen LogP contribution in [0.5, 0.6) is 0 Å². The summed E-state index contributed by atoms with van der Waals surface area (Å²) in [4.78, 5) is 13.1. The Labute approximate surface area is 177 Å². The molecule has 1 aromatic heterocycles. The fourth-order valence-corrected chi connectivity index (χ4v) is 3.86. The van der Waals surface area contributed by atoms with Crippen LogP contribution in [0.1, 0.15) is 47.3 Å². The van der Waals surface area contributed by atoms with Gasteiger partial charge in [0.1, 0.15) is 0 Å². The lowest BCUT2D eigenvalue weighted by atomic mass is 9.91. The Bertz CT molecular complexity index is 949. The third-order valence-corrected chi connectivity index (χ3v) is 5.37. The molecule has 6 heteroatoms. The van der Waals surface area contributed by atoms with Crippen LogP contribution in [0.3, 0.4) is 0 Å². The molecule has 5 nitrogen and oxygen atoms in total. The van der Waals surface area contributed by atoms with Crippen LogP contribution < -0.4 is 10.6 Å². The lowest BCUT2D eigenvalue weighted by Crippen LogP contribution is -2.29. The summed E-state index contributed by atoms with van der Waals surface area (Å²) in [5.41, 5.74) is 4.70. The first kappa shape index (κ1) is 21.1.